The first kappa shape index (κ1) is 18.1. The second-order valence-corrected chi connectivity index (χ2v) is 7.78. The van der Waals surface area contributed by atoms with Crippen LogP contribution in [0.1, 0.15) is 43.5 Å². The lowest BCUT2D eigenvalue weighted by atomic mass is 9.91. The molecule has 3 heterocycles. The largest absolute Gasteiger partial charge is 0.433 e. The molecule has 0 saturated carbocycles. The minimum absolute atomic E-state index is 0.146. The molecule has 9 heteroatoms. The van der Waals surface area contributed by atoms with Gasteiger partial charge in [-0.15, -0.1) is 0 Å². The molecule has 0 amide bonds. The molecule has 0 saturated heterocycles. The molecule has 2 aromatic heterocycles. The molecule has 0 aromatic carbocycles. The summed E-state index contributed by atoms with van der Waals surface area (Å²) in [4.78, 5) is 3.38. The van der Waals surface area contributed by atoms with E-state index in [1.54, 1.807) is 0 Å². The first-order valence-corrected chi connectivity index (χ1v) is 9.29. The van der Waals surface area contributed by atoms with Crippen molar-refractivity contribution in [3.05, 3.63) is 35.8 Å². The Labute approximate surface area is 146 Å². The van der Waals surface area contributed by atoms with Gasteiger partial charge in [0.25, 0.3) is 0 Å². The summed E-state index contributed by atoms with van der Waals surface area (Å²) in [6, 6.07) is 4.36. The van der Waals surface area contributed by atoms with E-state index >= 15 is 0 Å². The van der Waals surface area contributed by atoms with Crippen LogP contribution in [0.15, 0.2) is 24.4 Å². The van der Waals surface area contributed by atoms with E-state index < -0.39 is 22.9 Å². The predicted octanol–water partition coefficient (Wildman–Crippen LogP) is 3.24. The van der Waals surface area contributed by atoms with Gasteiger partial charge in [0.1, 0.15) is 5.69 Å². The van der Waals surface area contributed by atoms with Gasteiger partial charge in [0.2, 0.25) is 0 Å². The van der Waals surface area contributed by atoms with Gasteiger partial charge in [0.05, 0.1) is 16.7 Å². The van der Waals surface area contributed by atoms with Crippen LogP contribution in [0.5, 0.6) is 0 Å². The summed E-state index contributed by atoms with van der Waals surface area (Å²) in [5, 5.41) is 9.78. The molecule has 25 heavy (non-hydrogen) atoms. The highest BCUT2D eigenvalue weighted by Gasteiger charge is 2.33. The molecule has 2 aromatic rings. The number of nitrogens with zero attached hydrogens (tertiary/aromatic N) is 3. The third-order valence-corrected chi connectivity index (χ3v) is 5.50. The molecule has 3 rings (SSSR count). The van der Waals surface area contributed by atoms with Crippen LogP contribution in [0.25, 0.3) is 11.3 Å². The summed E-state index contributed by atoms with van der Waals surface area (Å²) >= 11 is 0. The average Bonchev–Trinajstić information content (AvgIpc) is 2.99. The van der Waals surface area contributed by atoms with Gasteiger partial charge in [0.15, 0.2) is 0 Å². The Morgan fingerprint density at radius 3 is 2.88 bits per heavy atom. The summed E-state index contributed by atoms with van der Waals surface area (Å²) < 4.78 is 51.9. The van der Waals surface area contributed by atoms with Crippen molar-refractivity contribution in [2.24, 2.45) is 5.14 Å². The highest BCUT2D eigenvalue weighted by molar-refractivity contribution is 7.83. The molecule has 3 atom stereocenters. The molecule has 136 valence electrons. The van der Waals surface area contributed by atoms with Crippen molar-refractivity contribution in [1.82, 2.24) is 14.8 Å². The van der Waals surface area contributed by atoms with Gasteiger partial charge in [-0.05, 0) is 44.4 Å². The molecule has 5 nitrogen and oxygen atoms in total. The van der Waals surface area contributed by atoms with Crippen LogP contribution in [0, 0.1) is 0 Å². The number of aryl methyl sites for hydroxylation is 1. The number of pyridine rings is 1. The number of alkyl halides is 3. The van der Waals surface area contributed by atoms with E-state index in [1.165, 1.54) is 6.07 Å². The summed E-state index contributed by atoms with van der Waals surface area (Å²) in [5.74, 6) is 0.154. The monoisotopic (exact) mass is 372 g/mol. The van der Waals surface area contributed by atoms with Gasteiger partial charge < -0.3 is 0 Å². The van der Waals surface area contributed by atoms with E-state index in [-0.39, 0.29) is 11.2 Å². The summed E-state index contributed by atoms with van der Waals surface area (Å²) in [6.07, 6.45) is -0.825. The van der Waals surface area contributed by atoms with Gasteiger partial charge in [-0.1, -0.05) is 0 Å². The minimum Gasteiger partial charge on any atom is -0.269 e. The van der Waals surface area contributed by atoms with E-state index in [9.17, 15) is 17.4 Å². The fourth-order valence-electron chi connectivity index (χ4n) is 3.19. The molecule has 0 aliphatic carbocycles. The topological polar surface area (TPSA) is 73.8 Å². The van der Waals surface area contributed by atoms with Crippen molar-refractivity contribution >= 4 is 11.0 Å². The van der Waals surface area contributed by atoms with Gasteiger partial charge >= 0.3 is 6.18 Å². The minimum atomic E-state index is -4.49. The number of hydrogen-bond donors (Lipinski definition) is 1. The summed E-state index contributed by atoms with van der Waals surface area (Å²) in [6.45, 7) is 2.56. The van der Waals surface area contributed by atoms with E-state index in [0.29, 0.717) is 17.7 Å². The number of halogens is 3. The highest BCUT2D eigenvalue weighted by atomic mass is 32.2. The molecular formula is C16H19F3N4OS. The van der Waals surface area contributed by atoms with Gasteiger partial charge in [-0.2, -0.15) is 18.3 Å². The normalized spacial score (nSPS) is 20.1. The maximum absolute atomic E-state index is 12.9. The lowest BCUT2D eigenvalue weighted by molar-refractivity contribution is -0.141. The molecule has 0 spiro atoms. The Hall–Kier alpha value is -1.74. The zero-order valence-electron chi connectivity index (χ0n) is 13.7. The second-order valence-electron chi connectivity index (χ2n) is 6.32. The van der Waals surface area contributed by atoms with Crippen molar-refractivity contribution in [3.8, 4) is 11.3 Å². The second kappa shape index (κ2) is 6.87. The van der Waals surface area contributed by atoms with Crippen LogP contribution in [0.4, 0.5) is 13.2 Å². The van der Waals surface area contributed by atoms with Crippen molar-refractivity contribution in [1.29, 1.82) is 0 Å². The van der Waals surface area contributed by atoms with Crippen LogP contribution in [-0.4, -0.2) is 24.2 Å². The summed E-state index contributed by atoms with van der Waals surface area (Å²) in [5.41, 5.74) is 0.915. The van der Waals surface area contributed by atoms with Gasteiger partial charge in [-0.25, -0.2) is 4.21 Å². The summed E-state index contributed by atoms with van der Waals surface area (Å²) in [7, 11) is -1.39. The SMILES string of the molecule is CC(C[C@@H]1CCCn2nc(-c3ccnc(C(F)(F)F)c3)cc21)S(N)=O. The van der Waals surface area contributed by atoms with Gasteiger partial charge in [0, 0.05) is 35.2 Å². The molecule has 0 fully saturated rings. The Morgan fingerprint density at radius 1 is 1.44 bits per heavy atom. The van der Waals surface area contributed by atoms with E-state index in [2.05, 4.69) is 10.1 Å². The van der Waals surface area contributed by atoms with E-state index in [0.717, 1.165) is 37.3 Å². The molecule has 0 radical (unpaired) electrons. The smallest absolute Gasteiger partial charge is 0.269 e. The van der Waals surface area contributed by atoms with E-state index in [4.69, 9.17) is 5.14 Å². The maximum Gasteiger partial charge on any atom is 0.433 e. The molecule has 1 aliphatic rings. The Morgan fingerprint density at radius 2 is 2.20 bits per heavy atom. The number of fused-ring (bicyclic) bond motifs is 1. The molecular weight excluding hydrogens is 353 g/mol. The number of aromatic nitrogens is 3. The standard InChI is InChI=1S/C16H19F3N4OS/c1-10(25(20)24)7-12-3-2-6-23-14(12)9-13(22-23)11-4-5-21-15(8-11)16(17,18)19/h4-5,8-10,12H,2-3,6-7,20H2,1H3/t10?,12-,25?/m0/s1. The molecule has 2 unspecified atom stereocenters. The Balaban J connectivity index is 1.91. The van der Waals surface area contributed by atoms with Crippen LogP contribution in [0.3, 0.4) is 0 Å². The van der Waals surface area contributed by atoms with Crippen molar-refractivity contribution in [3.63, 3.8) is 0 Å². The van der Waals surface area contributed by atoms with Gasteiger partial charge in [-0.3, -0.25) is 14.8 Å². The number of nitrogens with two attached hydrogens (primary N) is 1. The number of hydrogen-bond acceptors (Lipinski definition) is 3. The highest BCUT2D eigenvalue weighted by Crippen LogP contribution is 2.35. The lowest BCUT2D eigenvalue weighted by Gasteiger charge is -2.25. The Kier molecular flexibility index (Phi) is 4.97. The van der Waals surface area contributed by atoms with Crippen LogP contribution in [0.2, 0.25) is 0 Å². The van der Waals surface area contributed by atoms with Crippen LogP contribution in [-0.2, 0) is 23.7 Å². The average molecular weight is 372 g/mol. The quantitative estimate of drug-likeness (QED) is 0.895. The van der Waals surface area contributed by atoms with E-state index in [1.807, 2.05) is 17.7 Å². The maximum atomic E-state index is 12.9. The predicted molar refractivity (Wildman–Crippen MR) is 88.8 cm³/mol. The number of rotatable bonds is 4. The third-order valence-electron chi connectivity index (χ3n) is 4.51. The fraction of sp³-hybridized carbons (Fsp3) is 0.500. The fourth-order valence-corrected chi connectivity index (χ4v) is 3.62. The van der Waals surface area contributed by atoms with Crippen molar-refractivity contribution in [2.75, 3.05) is 0 Å². The van der Waals surface area contributed by atoms with Crippen molar-refractivity contribution in [2.45, 2.75) is 50.1 Å². The van der Waals surface area contributed by atoms with Crippen LogP contribution < -0.4 is 5.14 Å². The van der Waals surface area contributed by atoms with Crippen molar-refractivity contribution < 1.29 is 17.4 Å². The zero-order chi connectivity index (χ0) is 18.2. The van der Waals surface area contributed by atoms with Crippen LogP contribution >= 0.6 is 0 Å². The zero-order valence-corrected chi connectivity index (χ0v) is 14.5. The third kappa shape index (κ3) is 3.92. The first-order valence-electron chi connectivity index (χ1n) is 8.02. The lowest BCUT2D eigenvalue weighted by Crippen LogP contribution is -2.24. The Bertz CT molecular complexity index is 790. The molecule has 0 bridgehead atoms. The first-order chi connectivity index (χ1) is 11.8. The molecule has 2 N–H and O–H groups in total. The molecule has 1 aliphatic heterocycles.